The van der Waals surface area contributed by atoms with Crippen molar-refractivity contribution in [2.45, 2.75) is 0 Å². The number of nitrogens with two attached hydrogens (primary N) is 1. The van der Waals surface area contributed by atoms with Crippen molar-refractivity contribution < 1.29 is 19.4 Å². The van der Waals surface area contributed by atoms with Crippen molar-refractivity contribution >= 4 is 45.0 Å². The van der Waals surface area contributed by atoms with Crippen molar-refractivity contribution in [3.05, 3.63) is 76.8 Å². The Labute approximate surface area is 169 Å². The smallest absolute Gasteiger partial charge is 0.409 e. The lowest BCUT2D eigenvalue weighted by molar-refractivity contribution is 0.102. The number of halogens is 1. The van der Waals surface area contributed by atoms with Crippen molar-refractivity contribution in [2.75, 3.05) is 16.4 Å². The number of carbonyl (C=O) groups is 2. The minimum absolute atomic E-state index is 0.287. The molecule has 0 heterocycles. The third-order valence-electron chi connectivity index (χ3n) is 3.71. The number of benzene rings is 3. The summed E-state index contributed by atoms with van der Waals surface area (Å²) in [6, 6.07) is 18.3. The van der Waals surface area contributed by atoms with Crippen LogP contribution in [0.15, 0.2) is 71.2 Å². The molecular formula is C20H16BrN3O4. The van der Waals surface area contributed by atoms with Gasteiger partial charge in [0.05, 0.1) is 5.69 Å². The van der Waals surface area contributed by atoms with Crippen molar-refractivity contribution in [3.8, 4) is 11.5 Å². The number of nitrogen functional groups attached to an aromatic ring is 1. The van der Waals surface area contributed by atoms with Crippen LogP contribution in [0.3, 0.4) is 0 Å². The number of hydrogen-bond donors (Lipinski definition) is 4. The molecule has 0 saturated heterocycles. The first kappa shape index (κ1) is 19.2. The largest absolute Gasteiger partial charge is 0.465 e. The van der Waals surface area contributed by atoms with E-state index in [9.17, 15) is 9.59 Å². The number of anilines is 3. The number of amides is 2. The molecule has 0 aliphatic rings. The van der Waals surface area contributed by atoms with Gasteiger partial charge in [-0.2, -0.15) is 0 Å². The molecule has 3 aromatic rings. The average molecular weight is 442 g/mol. The fraction of sp³-hybridized carbons (Fsp3) is 0. The van der Waals surface area contributed by atoms with Crippen LogP contribution in [0.4, 0.5) is 21.9 Å². The highest BCUT2D eigenvalue weighted by Gasteiger charge is 2.10. The second-order valence-corrected chi connectivity index (χ2v) is 6.69. The van der Waals surface area contributed by atoms with E-state index in [1.807, 2.05) is 12.1 Å². The second-order valence-electron chi connectivity index (χ2n) is 5.77. The van der Waals surface area contributed by atoms with Crippen molar-refractivity contribution in [1.82, 2.24) is 0 Å². The minimum atomic E-state index is -1.14. The molecule has 2 amide bonds. The number of ether oxygens (including phenoxy) is 1. The second kappa shape index (κ2) is 8.45. The van der Waals surface area contributed by atoms with Crippen LogP contribution >= 0.6 is 15.9 Å². The molecule has 142 valence electrons. The van der Waals surface area contributed by atoms with Gasteiger partial charge in [-0.1, -0.05) is 15.9 Å². The fourth-order valence-corrected chi connectivity index (χ4v) is 2.64. The predicted octanol–water partition coefficient (Wildman–Crippen LogP) is 5.17. The summed E-state index contributed by atoms with van der Waals surface area (Å²) in [4.78, 5) is 23.0. The van der Waals surface area contributed by atoms with E-state index >= 15 is 0 Å². The Morgan fingerprint density at radius 1 is 0.893 bits per heavy atom. The van der Waals surface area contributed by atoms with Crippen LogP contribution in [0.2, 0.25) is 0 Å². The van der Waals surface area contributed by atoms with Gasteiger partial charge in [0.2, 0.25) is 0 Å². The molecule has 0 aliphatic carbocycles. The molecule has 0 bridgehead atoms. The zero-order chi connectivity index (χ0) is 20.1. The molecule has 5 N–H and O–H groups in total. The molecule has 28 heavy (non-hydrogen) atoms. The van der Waals surface area contributed by atoms with Crippen molar-refractivity contribution in [3.63, 3.8) is 0 Å². The van der Waals surface area contributed by atoms with Gasteiger partial charge in [0.25, 0.3) is 5.91 Å². The van der Waals surface area contributed by atoms with Gasteiger partial charge in [-0.15, -0.1) is 0 Å². The van der Waals surface area contributed by atoms with Crippen LogP contribution in [0.5, 0.6) is 11.5 Å². The molecule has 7 nitrogen and oxygen atoms in total. The summed E-state index contributed by atoms with van der Waals surface area (Å²) >= 11 is 3.34. The van der Waals surface area contributed by atoms with Gasteiger partial charge in [-0.3, -0.25) is 10.1 Å². The summed E-state index contributed by atoms with van der Waals surface area (Å²) < 4.78 is 6.62. The summed E-state index contributed by atoms with van der Waals surface area (Å²) in [5, 5.41) is 13.7. The molecule has 0 fully saturated rings. The molecule has 0 aliphatic heterocycles. The maximum atomic E-state index is 12.4. The molecular weight excluding hydrogens is 426 g/mol. The van der Waals surface area contributed by atoms with E-state index in [4.69, 9.17) is 15.6 Å². The Balaban J connectivity index is 1.68. The summed E-state index contributed by atoms with van der Waals surface area (Å²) in [5.74, 6) is 0.582. The topological polar surface area (TPSA) is 114 Å². The summed E-state index contributed by atoms with van der Waals surface area (Å²) in [6.45, 7) is 0. The van der Waals surface area contributed by atoms with Crippen LogP contribution < -0.4 is 21.1 Å². The maximum Gasteiger partial charge on any atom is 0.409 e. The Morgan fingerprint density at radius 2 is 1.50 bits per heavy atom. The van der Waals surface area contributed by atoms with E-state index in [0.717, 1.165) is 4.47 Å². The summed E-state index contributed by atoms with van der Waals surface area (Å²) in [6.07, 6.45) is -1.14. The quantitative estimate of drug-likeness (QED) is 0.408. The summed E-state index contributed by atoms with van der Waals surface area (Å²) in [5.41, 5.74) is 7.81. The number of carboxylic acid groups (broad SMARTS) is 1. The van der Waals surface area contributed by atoms with Crippen LogP contribution in [-0.2, 0) is 0 Å². The molecule has 0 unspecified atom stereocenters. The van der Waals surface area contributed by atoms with Gasteiger partial charge in [0, 0.05) is 21.4 Å². The molecule has 3 aromatic carbocycles. The number of rotatable bonds is 5. The third-order valence-corrected chi connectivity index (χ3v) is 4.24. The minimum Gasteiger partial charge on any atom is -0.465 e. The van der Waals surface area contributed by atoms with E-state index in [-0.39, 0.29) is 5.91 Å². The van der Waals surface area contributed by atoms with Crippen molar-refractivity contribution in [1.29, 1.82) is 0 Å². The van der Waals surface area contributed by atoms with Crippen LogP contribution in [0, 0.1) is 0 Å². The SMILES string of the molecule is Nc1cc(C(=O)Nc2ccc(Br)cc2)ccc1Oc1ccc(NC(=O)O)cc1. The van der Waals surface area contributed by atoms with E-state index in [1.54, 1.807) is 48.5 Å². The maximum absolute atomic E-state index is 12.4. The van der Waals surface area contributed by atoms with Crippen molar-refractivity contribution in [2.24, 2.45) is 0 Å². The number of carbonyl (C=O) groups excluding carboxylic acids is 1. The Bertz CT molecular complexity index is 1000. The molecule has 0 radical (unpaired) electrons. The van der Waals surface area contributed by atoms with E-state index in [1.165, 1.54) is 6.07 Å². The molecule has 3 rings (SSSR count). The van der Waals surface area contributed by atoms with Gasteiger partial charge in [0.1, 0.15) is 11.5 Å². The Hall–Kier alpha value is -3.52. The van der Waals surface area contributed by atoms with Crippen LogP contribution in [0.25, 0.3) is 0 Å². The predicted molar refractivity (Wildman–Crippen MR) is 111 cm³/mol. The van der Waals surface area contributed by atoms with Gasteiger partial charge in [-0.05, 0) is 66.7 Å². The molecule has 0 aromatic heterocycles. The highest BCUT2D eigenvalue weighted by Crippen LogP contribution is 2.29. The summed E-state index contributed by atoms with van der Waals surface area (Å²) in [7, 11) is 0. The monoisotopic (exact) mass is 441 g/mol. The molecule has 0 atom stereocenters. The lowest BCUT2D eigenvalue weighted by Crippen LogP contribution is -2.12. The standard InChI is InChI=1S/C20H16BrN3O4/c21-13-2-4-14(5-3-13)23-19(25)12-1-10-18(17(22)11-12)28-16-8-6-15(7-9-16)24-20(26)27/h1-11,24H,22H2,(H,23,25)(H,26,27). The Kier molecular flexibility index (Phi) is 5.81. The number of hydrogen-bond acceptors (Lipinski definition) is 4. The molecule has 0 saturated carbocycles. The third kappa shape index (κ3) is 5.01. The fourth-order valence-electron chi connectivity index (χ4n) is 2.38. The molecule has 0 spiro atoms. The average Bonchev–Trinajstić information content (AvgIpc) is 2.66. The normalized spacial score (nSPS) is 10.2. The first-order valence-electron chi connectivity index (χ1n) is 8.15. The highest BCUT2D eigenvalue weighted by molar-refractivity contribution is 9.10. The van der Waals surface area contributed by atoms with Crippen LogP contribution in [0.1, 0.15) is 10.4 Å². The van der Waals surface area contributed by atoms with E-state index < -0.39 is 6.09 Å². The number of nitrogens with one attached hydrogen (secondary N) is 2. The van der Waals surface area contributed by atoms with Gasteiger partial charge < -0.3 is 20.9 Å². The van der Waals surface area contributed by atoms with Gasteiger partial charge >= 0.3 is 6.09 Å². The zero-order valence-corrected chi connectivity index (χ0v) is 16.1. The van der Waals surface area contributed by atoms with E-state index in [2.05, 4.69) is 26.6 Å². The van der Waals surface area contributed by atoms with Gasteiger partial charge in [-0.25, -0.2) is 4.79 Å². The zero-order valence-electron chi connectivity index (χ0n) is 14.5. The highest BCUT2D eigenvalue weighted by atomic mass is 79.9. The molecule has 8 heteroatoms. The lowest BCUT2D eigenvalue weighted by Gasteiger charge is -2.11. The van der Waals surface area contributed by atoms with Crippen LogP contribution in [-0.4, -0.2) is 17.1 Å². The Morgan fingerprint density at radius 3 is 2.11 bits per heavy atom. The van der Waals surface area contributed by atoms with E-state index in [0.29, 0.717) is 34.1 Å². The van der Waals surface area contributed by atoms with Gasteiger partial charge in [0.15, 0.2) is 0 Å². The first-order chi connectivity index (χ1) is 13.4. The lowest BCUT2D eigenvalue weighted by atomic mass is 10.1. The first-order valence-corrected chi connectivity index (χ1v) is 8.94.